The number of aliphatic hydroxyl groups is 1. The lowest BCUT2D eigenvalue weighted by atomic mass is 9.53. The highest BCUT2D eigenvalue weighted by atomic mass is 32.2. The molecule has 3 aliphatic rings. The van der Waals surface area contributed by atoms with Crippen LogP contribution in [0.2, 0.25) is 0 Å². The maximum atomic E-state index is 13.4. The first kappa shape index (κ1) is 21.7. The third kappa shape index (κ3) is 2.90. The van der Waals surface area contributed by atoms with Crippen LogP contribution < -0.4 is 5.73 Å². The second kappa shape index (κ2) is 7.27. The monoisotopic (exact) mass is 445 g/mol. The molecule has 2 fully saturated rings. The molecule has 5 unspecified atom stereocenters. The summed E-state index contributed by atoms with van der Waals surface area (Å²) in [6, 6.07) is 1.82. The van der Waals surface area contributed by atoms with Gasteiger partial charge in [-0.25, -0.2) is 0 Å². The zero-order chi connectivity index (χ0) is 22.8. The number of nitrogens with two attached hydrogens (primary N) is 1. The number of Topliss-reactive ketones (excluding diaryl/α,β-unsaturated/α-hetero) is 4. The van der Waals surface area contributed by atoms with Gasteiger partial charge in [-0.3, -0.25) is 24.0 Å². The van der Waals surface area contributed by atoms with Crippen molar-refractivity contribution in [2.75, 3.05) is 6.26 Å². The number of amides is 1. The zero-order valence-corrected chi connectivity index (χ0v) is 18.0. The summed E-state index contributed by atoms with van der Waals surface area (Å²) in [5, 5.41) is 21.9. The van der Waals surface area contributed by atoms with Crippen molar-refractivity contribution < 1.29 is 34.2 Å². The Morgan fingerprint density at radius 1 is 1.23 bits per heavy atom. The van der Waals surface area contributed by atoms with Gasteiger partial charge in [0, 0.05) is 23.7 Å². The van der Waals surface area contributed by atoms with E-state index >= 15 is 0 Å². The van der Waals surface area contributed by atoms with Crippen LogP contribution in [0.15, 0.2) is 6.07 Å². The molecule has 0 bridgehead atoms. The average Bonchev–Trinajstić information content (AvgIpc) is 2.68. The summed E-state index contributed by atoms with van der Waals surface area (Å²) >= 11 is 1.47. The number of fused-ring (bicyclic) bond motifs is 3. The quantitative estimate of drug-likeness (QED) is 0.569. The largest absolute Gasteiger partial charge is 0.507 e. The van der Waals surface area contributed by atoms with E-state index in [9.17, 15) is 34.2 Å². The number of benzene rings is 1. The standard InChI is InChI=1S/C22H23NO7S/c1-8-3-10(7-31-2)17(25)15-12(8)5-9-4-11-6-13(24)16(21(23)29)20(28)22(11,30)19(27)14(9)18(15)26/h3,9,11,14,16,25,30H,4-7H2,1-2H3,(H2,23,29). The molecular formula is C22H23NO7S. The Bertz CT molecular complexity index is 1060. The van der Waals surface area contributed by atoms with Gasteiger partial charge < -0.3 is 15.9 Å². The number of aromatic hydroxyl groups is 1. The highest BCUT2D eigenvalue weighted by molar-refractivity contribution is 7.97. The van der Waals surface area contributed by atoms with Gasteiger partial charge in [0.15, 0.2) is 34.7 Å². The molecule has 1 aromatic carbocycles. The average molecular weight is 445 g/mol. The van der Waals surface area contributed by atoms with E-state index < -0.39 is 58.3 Å². The van der Waals surface area contributed by atoms with Gasteiger partial charge >= 0.3 is 0 Å². The molecule has 0 spiro atoms. The summed E-state index contributed by atoms with van der Waals surface area (Å²) in [6.45, 7) is 1.84. The van der Waals surface area contributed by atoms with E-state index in [2.05, 4.69) is 0 Å². The van der Waals surface area contributed by atoms with Crippen molar-refractivity contribution in [3.63, 3.8) is 0 Å². The minimum atomic E-state index is -2.61. The highest BCUT2D eigenvalue weighted by Crippen LogP contribution is 2.50. The normalized spacial score (nSPS) is 32.4. The van der Waals surface area contributed by atoms with E-state index in [-0.39, 0.29) is 24.2 Å². The number of carbonyl (C=O) groups is 5. The van der Waals surface area contributed by atoms with Gasteiger partial charge in [-0.2, -0.15) is 11.8 Å². The first-order valence-electron chi connectivity index (χ1n) is 10.0. The lowest BCUT2D eigenvalue weighted by molar-refractivity contribution is -0.175. The molecule has 2 saturated carbocycles. The minimum absolute atomic E-state index is 0.0616. The Kier molecular flexibility index (Phi) is 5.09. The Balaban J connectivity index is 1.82. The number of hydrogen-bond donors (Lipinski definition) is 3. The van der Waals surface area contributed by atoms with Gasteiger partial charge in [0.05, 0.1) is 11.5 Å². The molecule has 0 heterocycles. The van der Waals surface area contributed by atoms with Crippen LogP contribution in [0.1, 0.15) is 39.9 Å². The van der Waals surface area contributed by atoms with Crippen molar-refractivity contribution >= 4 is 40.8 Å². The number of aryl methyl sites for hydroxylation is 1. The predicted octanol–water partition coefficient (Wildman–Crippen LogP) is 0.498. The van der Waals surface area contributed by atoms with Crippen LogP contribution in [0.3, 0.4) is 0 Å². The van der Waals surface area contributed by atoms with Crippen LogP contribution in [-0.4, -0.2) is 51.1 Å². The molecule has 5 atom stereocenters. The molecule has 31 heavy (non-hydrogen) atoms. The van der Waals surface area contributed by atoms with Gasteiger partial charge in [-0.1, -0.05) is 6.07 Å². The summed E-state index contributed by atoms with van der Waals surface area (Å²) in [5.41, 5.74) is 4.67. The number of hydrogen-bond acceptors (Lipinski definition) is 8. The lowest BCUT2D eigenvalue weighted by Crippen LogP contribution is -2.68. The second-order valence-corrected chi connectivity index (χ2v) is 9.59. The molecule has 1 amide bonds. The Morgan fingerprint density at radius 3 is 2.52 bits per heavy atom. The summed E-state index contributed by atoms with van der Waals surface area (Å²) < 4.78 is 0. The number of phenolic OH excluding ortho intramolecular Hbond substituents is 1. The third-order valence-electron chi connectivity index (χ3n) is 7.00. The molecule has 0 radical (unpaired) electrons. The molecule has 3 aliphatic carbocycles. The number of carbonyl (C=O) groups excluding carboxylic acids is 5. The van der Waals surface area contributed by atoms with E-state index in [0.717, 1.165) is 5.56 Å². The minimum Gasteiger partial charge on any atom is -0.507 e. The number of primary amides is 1. The lowest BCUT2D eigenvalue weighted by Gasteiger charge is -2.48. The number of phenols is 1. The molecular weight excluding hydrogens is 422 g/mol. The summed E-state index contributed by atoms with van der Waals surface area (Å²) in [6.07, 6.45) is 1.94. The first-order chi connectivity index (χ1) is 14.5. The van der Waals surface area contributed by atoms with Crippen molar-refractivity contribution in [1.82, 2.24) is 0 Å². The van der Waals surface area contributed by atoms with Crippen LogP contribution in [0.4, 0.5) is 0 Å². The van der Waals surface area contributed by atoms with Crippen molar-refractivity contribution in [2.24, 2.45) is 29.4 Å². The fourth-order valence-electron chi connectivity index (χ4n) is 5.56. The van der Waals surface area contributed by atoms with Gasteiger partial charge in [0.1, 0.15) is 5.75 Å². The van der Waals surface area contributed by atoms with Gasteiger partial charge in [-0.05, 0) is 43.1 Å². The first-order valence-corrected chi connectivity index (χ1v) is 11.4. The maximum absolute atomic E-state index is 13.4. The smallest absolute Gasteiger partial charge is 0.235 e. The van der Waals surface area contributed by atoms with E-state index in [1.54, 1.807) is 0 Å². The van der Waals surface area contributed by atoms with Crippen LogP contribution >= 0.6 is 11.8 Å². The fraction of sp³-hybridized carbons (Fsp3) is 0.500. The van der Waals surface area contributed by atoms with Gasteiger partial charge in [0.2, 0.25) is 5.91 Å². The van der Waals surface area contributed by atoms with Crippen molar-refractivity contribution in [3.8, 4) is 5.75 Å². The Morgan fingerprint density at radius 2 is 1.90 bits per heavy atom. The molecule has 1 aromatic rings. The molecule has 8 nitrogen and oxygen atoms in total. The zero-order valence-electron chi connectivity index (χ0n) is 17.1. The van der Waals surface area contributed by atoms with Crippen molar-refractivity contribution in [3.05, 3.63) is 28.3 Å². The van der Waals surface area contributed by atoms with E-state index in [1.165, 1.54) is 11.8 Å². The van der Waals surface area contributed by atoms with Crippen molar-refractivity contribution in [2.45, 2.75) is 37.5 Å². The number of ketones is 4. The van der Waals surface area contributed by atoms with Crippen LogP contribution in [0.5, 0.6) is 5.75 Å². The SMILES string of the molecule is CSCc1cc(C)c2c(c1O)C(=O)C1C(=O)C3(O)C(=O)C(C(N)=O)C(=O)CC3CC1C2. The number of rotatable bonds is 3. The van der Waals surface area contributed by atoms with Crippen LogP contribution in [0.25, 0.3) is 0 Å². The second-order valence-electron chi connectivity index (χ2n) is 8.73. The van der Waals surface area contributed by atoms with Crippen LogP contribution in [-0.2, 0) is 31.4 Å². The fourth-order valence-corrected chi connectivity index (χ4v) is 6.09. The molecule has 9 heteroatoms. The number of thioether (sulfide) groups is 1. The van der Waals surface area contributed by atoms with E-state index in [4.69, 9.17) is 5.73 Å². The third-order valence-corrected chi connectivity index (χ3v) is 7.60. The molecule has 0 saturated heterocycles. The van der Waals surface area contributed by atoms with Gasteiger partial charge in [0.25, 0.3) is 0 Å². The van der Waals surface area contributed by atoms with E-state index in [0.29, 0.717) is 23.3 Å². The molecule has 4 N–H and O–H groups in total. The summed E-state index contributed by atoms with van der Waals surface area (Å²) in [7, 11) is 0. The maximum Gasteiger partial charge on any atom is 0.235 e. The predicted molar refractivity (Wildman–Crippen MR) is 110 cm³/mol. The Hall–Kier alpha value is -2.52. The molecule has 164 valence electrons. The summed E-state index contributed by atoms with van der Waals surface area (Å²) in [5.74, 6) is -9.23. The molecule has 0 aromatic heterocycles. The molecule has 0 aliphatic heterocycles. The van der Waals surface area contributed by atoms with E-state index in [1.807, 2.05) is 19.2 Å². The van der Waals surface area contributed by atoms with Crippen LogP contribution in [0, 0.1) is 30.6 Å². The van der Waals surface area contributed by atoms with Gasteiger partial charge in [-0.15, -0.1) is 0 Å². The Labute approximate surface area is 182 Å². The highest BCUT2D eigenvalue weighted by Gasteiger charge is 2.66. The molecule has 4 rings (SSSR count). The van der Waals surface area contributed by atoms with Crippen molar-refractivity contribution in [1.29, 1.82) is 0 Å². The topological polar surface area (TPSA) is 152 Å². The summed E-state index contributed by atoms with van der Waals surface area (Å²) in [4.78, 5) is 63.7.